The van der Waals surface area contributed by atoms with Gasteiger partial charge in [0.1, 0.15) is 0 Å². The summed E-state index contributed by atoms with van der Waals surface area (Å²) in [6.45, 7) is 1.88. The molecule has 3 aliphatic rings. The molecule has 0 aromatic carbocycles. The van der Waals surface area contributed by atoms with Crippen molar-refractivity contribution in [2.24, 2.45) is 0 Å². The lowest BCUT2D eigenvalue weighted by Crippen LogP contribution is -2.51. The Balaban J connectivity index is 1.22. The number of nitrogens with one attached hydrogen (secondary N) is 4. The van der Waals surface area contributed by atoms with E-state index >= 15 is 0 Å². The van der Waals surface area contributed by atoms with Gasteiger partial charge in [-0.25, -0.2) is 9.59 Å². The van der Waals surface area contributed by atoms with Crippen molar-refractivity contribution in [1.29, 1.82) is 0 Å². The molecule has 1 saturated heterocycles. The first kappa shape index (κ1) is 23.7. The summed E-state index contributed by atoms with van der Waals surface area (Å²) in [7, 11) is 0. The molecule has 4 N–H and O–H groups in total. The minimum Gasteiger partial charge on any atom is -0.343 e. The van der Waals surface area contributed by atoms with Crippen LogP contribution in [0, 0.1) is 0 Å². The highest BCUT2D eigenvalue weighted by atomic mass is 16.2. The van der Waals surface area contributed by atoms with E-state index in [9.17, 15) is 14.4 Å². The minimum atomic E-state index is -0.113. The molecule has 1 heterocycles. The van der Waals surface area contributed by atoms with Gasteiger partial charge >= 0.3 is 12.1 Å². The van der Waals surface area contributed by atoms with Gasteiger partial charge in [0.25, 0.3) is 0 Å². The molecule has 5 amide bonds. The molecule has 31 heavy (non-hydrogen) atoms. The van der Waals surface area contributed by atoms with Crippen molar-refractivity contribution in [2.75, 3.05) is 19.6 Å². The number of carbonyl (C=O) groups is 3. The van der Waals surface area contributed by atoms with E-state index < -0.39 is 0 Å². The molecular formula is C23H41N5O3. The van der Waals surface area contributed by atoms with E-state index in [2.05, 4.69) is 21.3 Å². The van der Waals surface area contributed by atoms with Crippen molar-refractivity contribution in [2.45, 2.75) is 108 Å². The molecule has 8 nitrogen and oxygen atoms in total. The molecule has 2 aliphatic carbocycles. The highest BCUT2D eigenvalue weighted by molar-refractivity contribution is 5.77. The number of nitrogens with zero attached hydrogens (tertiary/aromatic N) is 1. The zero-order valence-electron chi connectivity index (χ0n) is 18.9. The van der Waals surface area contributed by atoms with Gasteiger partial charge in [0.05, 0.1) is 0 Å². The van der Waals surface area contributed by atoms with E-state index in [0.717, 1.165) is 38.5 Å². The standard InChI is InChI=1S/C23H41N5O3/c29-21(12-7-15-24-22(30)25-18-8-3-1-4-9-18)28-16-13-20(14-17-28)27-23(31)26-19-10-5-2-6-11-19/h18-20H,1-17H2,(H2,24,25,30)(H2,26,27,31). The quantitative estimate of drug-likeness (QED) is 0.462. The highest BCUT2D eigenvalue weighted by Crippen LogP contribution is 2.18. The number of amides is 5. The predicted molar refractivity (Wildman–Crippen MR) is 121 cm³/mol. The van der Waals surface area contributed by atoms with Crippen LogP contribution in [0.25, 0.3) is 0 Å². The SMILES string of the molecule is O=C(NCCCC(=O)N1CCC(NC(=O)NC2CCCCC2)CC1)NC1CCCCC1. The van der Waals surface area contributed by atoms with E-state index in [-0.39, 0.29) is 24.0 Å². The zero-order chi connectivity index (χ0) is 21.9. The van der Waals surface area contributed by atoms with Crippen LogP contribution in [-0.4, -0.2) is 60.6 Å². The molecule has 0 radical (unpaired) electrons. The van der Waals surface area contributed by atoms with E-state index in [4.69, 9.17) is 0 Å². The normalized spacial score (nSPS) is 21.4. The van der Waals surface area contributed by atoms with Gasteiger partial charge in [-0.2, -0.15) is 0 Å². The van der Waals surface area contributed by atoms with Gasteiger partial charge in [0.2, 0.25) is 5.91 Å². The zero-order valence-corrected chi connectivity index (χ0v) is 18.9. The molecule has 8 heteroatoms. The smallest absolute Gasteiger partial charge is 0.315 e. The lowest BCUT2D eigenvalue weighted by molar-refractivity contribution is -0.132. The van der Waals surface area contributed by atoms with Gasteiger partial charge in [-0.05, 0) is 44.9 Å². The summed E-state index contributed by atoms with van der Waals surface area (Å²) in [5.41, 5.74) is 0. The summed E-state index contributed by atoms with van der Waals surface area (Å²) >= 11 is 0. The molecule has 0 aromatic rings. The summed E-state index contributed by atoms with van der Waals surface area (Å²) < 4.78 is 0. The number of hydrogen-bond acceptors (Lipinski definition) is 3. The molecule has 3 fully saturated rings. The number of hydrogen-bond donors (Lipinski definition) is 4. The maximum Gasteiger partial charge on any atom is 0.315 e. The van der Waals surface area contributed by atoms with Gasteiger partial charge < -0.3 is 26.2 Å². The Labute approximate surface area is 186 Å². The summed E-state index contributed by atoms with van der Waals surface area (Å²) in [4.78, 5) is 38.5. The average Bonchev–Trinajstić information content (AvgIpc) is 2.78. The Morgan fingerprint density at radius 2 is 1.13 bits per heavy atom. The van der Waals surface area contributed by atoms with Crippen LogP contribution < -0.4 is 21.3 Å². The van der Waals surface area contributed by atoms with Crippen molar-refractivity contribution in [3.63, 3.8) is 0 Å². The van der Waals surface area contributed by atoms with Crippen LogP contribution in [0.2, 0.25) is 0 Å². The fourth-order valence-corrected chi connectivity index (χ4v) is 5.02. The third kappa shape index (κ3) is 8.57. The molecule has 3 rings (SSSR count). The largest absolute Gasteiger partial charge is 0.343 e. The van der Waals surface area contributed by atoms with E-state index in [0.29, 0.717) is 44.6 Å². The lowest BCUT2D eigenvalue weighted by Gasteiger charge is -2.33. The van der Waals surface area contributed by atoms with E-state index in [1.165, 1.54) is 38.5 Å². The van der Waals surface area contributed by atoms with Gasteiger partial charge in [-0.15, -0.1) is 0 Å². The Morgan fingerprint density at radius 3 is 1.68 bits per heavy atom. The van der Waals surface area contributed by atoms with Crippen LogP contribution in [-0.2, 0) is 4.79 Å². The second-order valence-electron chi connectivity index (χ2n) is 9.45. The second-order valence-corrected chi connectivity index (χ2v) is 9.45. The van der Waals surface area contributed by atoms with Crippen LogP contribution in [0.4, 0.5) is 9.59 Å². The Bertz CT molecular complexity index is 580. The monoisotopic (exact) mass is 435 g/mol. The van der Waals surface area contributed by atoms with Gasteiger partial charge in [-0.3, -0.25) is 4.79 Å². The molecule has 0 unspecified atom stereocenters. The van der Waals surface area contributed by atoms with Crippen molar-refractivity contribution in [1.82, 2.24) is 26.2 Å². The molecule has 1 aliphatic heterocycles. The molecule has 0 bridgehead atoms. The fraction of sp³-hybridized carbons (Fsp3) is 0.870. The minimum absolute atomic E-state index is 0.0609. The van der Waals surface area contributed by atoms with Crippen molar-refractivity contribution < 1.29 is 14.4 Å². The van der Waals surface area contributed by atoms with Crippen LogP contribution in [0.3, 0.4) is 0 Å². The summed E-state index contributed by atoms with van der Waals surface area (Å²) in [5.74, 6) is 0.139. The van der Waals surface area contributed by atoms with E-state index in [1.807, 2.05) is 4.90 Å². The molecule has 0 atom stereocenters. The molecule has 2 saturated carbocycles. The van der Waals surface area contributed by atoms with Crippen LogP contribution in [0.1, 0.15) is 89.9 Å². The van der Waals surface area contributed by atoms with Gasteiger partial charge in [0, 0.05) is 44.2 Å². The first-order valence-electron chi connectivity index (χ1n) is 12.5. The van der Waals surface area contributed by atoms with Crippen LogP contribution in [0.5, 0.6) is 0 Å². The maximum absolute atomic E-state index is 12.4. The molecular weight excluding hydrogens is 394 g/mol. The average molecular weight is 436 g/mol. The van der Waals surface area contributed by atoms with Gasteiger partial charge in [-0.1, -0.05) is 38.5 Å². The first-order valence-corrected chi connectivity index (χ1v) is 12.5. The number of urea groups is 2. The second kappa shape index (κ2) is 12.8. The Hall–Kier alpha value is -1.99. The van der Waals surface area contributed by atoms with Gasteiger partial charge in [0.15, 0.2) is 0 Å². The number of carbonyl (C=O) groups excluding carboxylic acids is 3. The number of likely N-dealkylation sites (tertiary alicyclic amines) is 1. The summed E-state index contributed by atoms with van der Waals surface area (Å²) in [5, 5.41) is 12.1. The lowest BCUT2D eigenvalue weighted by atomic mass is 9.96. The van der Waals surface area contributed by atoms with Crippen molar-refractivity contribution in [3.05, 3.63) is 0 Å². The van der Waals surface area contributed by atoms with E-state index in [1.54, 1.807) is 0 Å². The number of rotatable bonds is 7. The fourth-order valence-electron chi connectivity index (χ4n) is 5.02. The van der Waals surface area contributed by atoms with Crippen LogP contribution in [0.15, 0.2) is 0 Å². The number of piperidine rings is 1. The molecule has 176 valence electrons. The molecule has 0 spiro atoms. The Kier molecular flexibility index (Phi) is 9.75. The van der Waals surface area contributed by atoms with Crippen LogP contribution >= 0.6 is 0 Å². The maximum atomic E-state index is 12.4. The van der Waals surface area contributed by atoms with Crippen molar-refractivity contribution >= 4 is 18.0 Å². The molecule has 0 aromatic heterocycles. The predicted octanol–water partition coefficient (Wildman–Crippen LogP) is 3.02. The third-order valence-electron chi connectivity index (χ3n) is 6.92. The topological polar surface area (TPSA) is 103 Å². The summed E-state index contributed by atoms with van der Waals surface area (Å²) in [6, 6.07) is 0.577. The Morgan fingerprint density at radius 1 is 0.645 bits per heavy atom. The highest BCUT2D eigenvalue weighted by Gasteiger charge is 2.24. The summed E-state index contributed by atoms with van der Waals surface area (Å²) in [6.07, 6.45) is 14.3. The van der Waals surface area contributed by atoms with Crippen molar-refractivity contribution in [3.8, 4) is 0 Å². The third-order valence-corrected chi connectivity index (χ3v) is 6.92. The first-order chi connectivity index (χ1) is 15.1.